The van der Waals surface area contributed by atoms with E-state index in [0.29, 0.717) is 5.39 Å². The SMILES string of the molecule is O=C(O)c1cc(NS(=O)(=O)c2cc(N=Nc3cc(S(=O)(=O)N4CCOCC4)c(O)c4ccccc34)ccc2Cl)cc(C(=O)O)c1. The summed E-state index contributed by atoms with van der Waals surface area (Å²) in [7, 11) is -8.66. The minimum absolute atomic E-state index is 0.0139. The Labute approximate surface area is 261 Å². The van der Waals surface area contributed by atoms with Gasteiger partial charge >= 0.3 is 11.9 Å². The van der Waals surface area contributed by atoms with E-state index in [0.717, 1.165) is 24.3 Å². The molecule has 0 saturated carbocycles. The van der Waals surface area contributed by atoms with E-state index in [9.17, 15) is 41.7 Å². The van der Waals surface area contributed by atoms with Crippen LogP contribution < -0.4 is 4.72 Å². The Kier molecular flexibility index (Phi) is 8.77. The van der Waals surface area contributed by atoms with Gasteiger partial charge in [0.15, 0.2) is 0 Å². The number of aromatic carboxylic acids is 2. The van der Waals surface area contributed by atoms with Crippen LogP contribution in [-0.2, 0) is 24.8 Å². The van der Waals surface area contributed by atoms with Crippen molar-refractivity contribution in [1.29, 1.82) is 0 Å². The smallest absolute Gasteiger partial charge is 0.335 e. The number of phenolic OH excluding ortho intramolecular Hbond substituents is 1. The number of halogens is 1. The van der Waals surface area contributed by atoms with Gasteiger partial charge in [-0.25, -0.2) is 26.4 Å². The maximum atomic E-state index is 13.4. The number of fused-ring (bicyclic) bond motifs is 1. The molecule has 0 aromatic heterocycles. The fourth-order valence-corrected chi connectivity index (χ4v) is 7.62. The number of morpholine rings is 1. The Morgan fingerprint density at radius 1 is 0.822 bits per heavy atom. The van der Waals surface area contributed by atoms with Crippen LogP contribution in [0.5, 0.6) is 5.75 Å². The molecule has 1 fully saturated rings. The van der Waals surface area contributed by atoms with E-state index in [4.69, 9.17) is 16.3 Å². The number of hydrogen-bond donors (Lipinski definition) is 4. The van der Waals surface area contributed by atoms with Gasteiger partial charge in [0, 0.05) is 23.9 Å². The Hall–Kier alpha value is -4.61. The number of nitrogens with one attached hydrogen (secondary N) is 1. The highest BCUT2D eigenvalue weighted by atomic mass is 35.5. The molecule has 1 aliphatic heterocycles. The average Bonchev–Trinajstić information content (AvgIpc) is 3.01. The molecule has 5 rings (SSSR count). The van der Waals surface area contributed by atoms with Crippen molar-refractivity contribution < 1.29 is 46.5 Å². The molecule has 0 bridgehead atoms. The first-order valence-corrected chi connectivity index (χ1v) is 16.3. The maximum Gasteiger partial charge on any atom is 0.335 e. The molecule has 14 nitrogen and oxygen atoms in total. The predicted octanol–water partition coefficient (Wildman–Crippen LogP) is 4.83. The van der Waals surface area contributed by atoms with Crippen molar-refractivity contribution in [3.8, 4) is 5.75 Å². The first-order valence-electron chi connectivity index (χ1n) is 13.0. The van der Waals surface area contributed by atoms with Crippen LogP contribution in [0.4, 0.5) is 17.1 Å². The summed E-state index contributed by atoms with van der Waals surface area (Å²) in [6.45, 7) is 0.588. The summed E-state index contributed by atoms with van der Waals surface area (Å²) in [4.78, 5) is 22.0. The van der Waals surface area contributed by atoms with Crippen LogP contribution in [0.3, 0.4) is 0 Å². The van der Waals surface area contributed by atoms with Crippen molar-refractivity contribution in [2.24, 2.45) is 10.2 Å². The van der Waals surface area contributed by atoms with Gasteiger partial charge in [0.25, 0.3) is 10.0 Å². The zero-order valence-corrected chi connectivity index (χ0v) is 25.3. The highest BCUT2D eigenvalue weighted by Gasteiger charge is 2.30. The van der Waals surface area contributed by atoms with Crippen LogP contribution in [-0.4, -0.2) is 74.7 Å². The summed E-state index contributed by atoms with van der Waals surface area (Å²) < 4.78 is 61.9. The fourth-order valence-electron chi connectivity index (χ4n) is 4.54. The molecule has 4 N–H and O–H groups in total. The van der Waals surface area contributed by atoms with Crippen molar-refractivity contribution in [1.82, 2.24) is 4.31 Å². The Bertz CT molecular complexity index is 2070. The number of rotatable bonds is 9. The van der Waals surface area contributed by atoms with E-state index in [1.807, 2.05) is 0 Å². The first kappa shape index (κ1) is 31.8. The summed E-state index contributed by atoms with van der Waals surface area (Å²) in [5, 5.41) is 38.2. The molecule has 0 atom stereocenters. The number of phenols is 1. The minimum Gasteiger partial charge on any atom is -0.506 e. The lowest BCUT2D eigenvalue weighted by Crippen LogP contribution is -2.40. The molecular weight excluding hydrogens is 652 g/mol. The van der Waals surface area contributed by atoms with E-state index in [1.165, 1.54) is 28.6 Å². The van der Waals surface area contributed by atoms with Gasteiger partial charge < -0.3 is 20.1 Å². The fraction of sp³-hybridized carbons (Fsp3) is 0.143. The van der Waals surface area contributed by atoms with Crippen LogP contribution in [0.25, 0.3) is 10.8 Å². The lowest BCUT2D eigenvalue weighted by Gasteiger charge is -2.26. The van der Waals surface area contributed by atoms with Crippen molar-refractivity contribution >= 4 is 71.4 Å². The Morgan fingerprint density at radius 3 is 2.07 bits per heavy atom. The molecule has 17 heteroatoms. The average molecular weight is 675 g/mol. The van der Waals surface area contributed by atoms with Crippen LogP contribution in [0.1, 0.15) is 20.7 Å². The second-order valence-corrected chi connectivity index (χ2v) is 13.6. The topological polar surface area (TPSA) is 212 Å². The molecule has 0 radical (unpaired) electrons. The summed E-state index contributed by atoms with van der Waals surface area (Å²) in [5.74, 6) is -3.40. The van der Waals surface area contributed by atoms with Crippen LogP contribution in [0.15, 0.2) is 86.7 Å². The third kappa shape index (κ3) is 6.59. The van der Waals surface area contributed by atoms with Gasteiger partial charge in [-0.1, -0.05) is 35.9 Å². The number of benzene rings is 4. The molecular formula is C28H23ClN4O10S2. The summed E-state index contributed by atoms with van der Waals surface area (Å²) in [6, 6.07) is 14.0. The number of aromatic hydroxyl groups is 1. The van der Waals surface area contributed by atoms with Crippen molar-refractivity contribution in [3.05, 3.63) is 82.9 Å². The summed E-state index contributed by atoms with van der Waals surface area (Å²) >= 11 is 6.18. The van der Waals surface area contributed by atoms with Crippen LogP contribution in [0.2, 0.25) is 5.02 Å². The predicted molar refractivity (Wildman–Crippen MR) is 162 cm³/mol. The molecule has 234 valence electrons. The van der Waals surface area contributed by atoms with E-state index in [1.54, 1.807) is 18.2 Å². The Morgan fingerprint density at radius 2 is 1.44 bits per heavy atom. The van der Waals surface area contributed by atoms with E-state index in [2.05, 4.69) is 15.0 Å². The quantitative estimate of drug-likeness (QED) is 0.177. The number of nitrogens with zero attached hydrogens (tertiary/aromatic N) is 3. The zero-order chi connectivity index (χ0) is 32.5. The first-order chi connectivity index (χ1) is 21.3. The van der Waals surface area contributed by atoms with Gasteiger partial charge in [0.1, 0.15) is 15.5 Å². The maximum absolute atomic E-state index is 13.4. The third-order valence-electron chi connectivity index (χ3n) is 6.70. The van der Waals surface area contributed by atoms with Gasteiger partial charge in [0.2, 0.25) is 10.0 Å². The van der Waals surface area contributed by atoms with Gasteiger partial charge in [-0.15, -0.1) is 5.11 Å². The number of sulfonamides is 2. The van der Waals surface area contributed by atoms with Crippen molar-refractivity contribution in [2.75, 3.05) is 31.0 Å². The van der Waals surface area contributed by atoms with Gasteiger partial charge in [-0.2, -0.15) is 9.42 Å². The van der Waals surface area contributed by atoms with E-state index in [-0.39, 0.29) is 58.7 Å². The number of azo groups is 1. The van der Waals surface area contributed by atoms with Gasteiger partial charge in [-0.05, 0) is 42.5 Å². The molecule has 1 heterocycles. The molecule has 1 aliphatic rings. The highest BCUT2D eigenvalue weighted by Crippen LogP contribution is 2.40. The Balaban J connectivity index is 1.53. The van der Waals surface area contributed by atoms with Crippen LogP contribution >= 0.6 is 11.6 Å². The normalized spacial score (nSPS) is 14.5. The molecule has 45 heavy (non-hydrogen) atoms. The van der Waals surface area contributed by atoms with Gasteiger partial charge in [0.05, 0.1) is 46.4 Å². The lowest BCUT2D eigenvalue weighted by molar-refractivity contribution is 0.0696. The highest BCUT2D eigenvalue weighted by molar-refractivity contribution is 7.92. The molecule has 0 unspecified atom stereocenters. The van der Waals surface area contributed by atoms with Crippen LogP contribution in [0, 0.1) is 0 Å². The standard InChI is InChI=1S/C28H23ClN4O10S2/c29-22-6-5-18(14-24(22)44(39,40)32-19-12-16(27(35)36)11-17(13-19)28(37)38)30-31-23-15-25(26(34)21-4-2-1-3-20(21)23)45(41,42)33-7-9-43-10-8-33/h1-6,11-15,32,34H,7-10H2,(H,35,36)(H,37,38). The third-order valence-corrected chi connectivity index (χ3v) is 10.5. The number of hydrogen-bond acceptors (Lipinski definition) is 10. The van der Waals surface area contributed by atoms with Gasteiger partial charge in [-0.3, -0.25) is 4.72 Å². The molecule has 4 aromatic carbocycles. The largest absolute Gasteiger partial charge is 0.506 e. The second kappa shape index (κ2) is 12.4. The zero-order valence-electron chi connectivity index (χ0n) is 22.9. The number of anilines is 1. The number of carbonyl (C=O) groups is 2. The van der Waals surface area contributed by atoms with E-state index >= 15 is 0 Å². The number of ether oxygens (including phenoxy) is 1. The molecule has 0 aliphatic carbocycles. The summed E-state index contributed by atoms with van der Waals surface area (Å²) in [6.07, 6.45) is 0. The molecule has 0 spiro atoms. The monoisotopic (exact) mass is 674 g/mol. The van der Waals surface area contributed by atoms with Crippen molar-refractivity contribution in [3.63, 3.8) is 0 Å². The van der Waals surface area contributed by atoms with E-state index < -0.39 is 53.8 Å². The molecule has 4 aromatic rings. The number of carboxylic acids is 2. The molecule has 0 amide bonds. The lowest BCUT2D eigenvalue weighted by atomic mass is 10.1. The minimum atomic E-state index is -4.51. The van der Waals surface area contributed by atoms with Crippen molar-refractivity contribution in [2.45, 2.75) is 9.79 Å². The number of carboxylic acid groups (broad SMARTS) is 2. The second-order valence-electron chi connectivity index (χ2n) is 9.63. The molecule has 1 saturated heterocycles. The summed E-state index contributed by atoms with van der Waals surface area (Å²) in [5.41, 5.74) is -1.20.